The minimum absolute atomic E-state index is 0.0716. The summed E-state index contributed by atoms with van der Waals surface area (Å²) in [5.74, 6) is 2.22. The summed E-state index contributed by atoms with van der Waals surface area (Å²) in [6.07, 6.45) is 5.36. The van der Waals surface area contributed by atoms with Crippen LogP contribution in [0.2, 0.25) is 0 Å². The van der Waals surface area contributed by atoms with Crippen molar-refractivity contribution in [3.8, 4) is 34.0 Å². The molecule has 1 fully saturated rings. The zero-order valence-electron chi connectivity index (χ0n) is 16.9. The van der Waals surface area contributed by atoms with Crippen molar-refractivity contribution in [1.29, 1.82) is 0 Å². The minimum atomic E-state index is 0.0716. The number of Topliss-reactive ketones (excluding diaryl/α,β-unsaturated/α-hetero) is 1. The summed E-state index contributed by atoms with van der Waals surface area (Å²) in [5.41, 5.74) is 3.52. The monoisotopic (exact) mass is 390 g/mol. The molecule has 29 heavy (non-hydrogen) atoms. The standard InChI is InChI=1S/C24H26N2O3/c1-28-19-12-8-16(9-13-19)21-22(17-10-14-20(29-2)15-11-17)26-24(25-21)23(27)18-6-4-3-5-7-18/h8-15,18H,3-7H2,1-2H3,(H,25,26). The molecule has 5 nitrogen and oxygen atoms in total. The number of hydrogen-bond donors (Lipinski definition) is 1. The van der Waals surface area contributed by atoms with Gasteiger partial charge in [0, 0.05) is 17.0 Å². The lowest BCUT2D eigenvalue weighted by Crippen LogP contribution is -2.19. The van der Waals surface area contributed by atoms with E-state index in [2.05, 4.69) is 4.98 Å². The van der Waals surface area contributed by atoms with Crippen LogP contribution in [-0.2, 0) is 0 Å². The normalized spacial score (nSPS) is 14.6. The molecule has 150 valence electrons. The lowest BCUT2D eigenvalue weighted by Gasteiger charge is -2.18. The Bertz CT molecular complexity index is 903. The molecule has 2 aromatic carbocycles. The fraction of sp³-hybridized carbons (Fsp3) is 0.333. The van der Waals surface area contributed by atoms with E-state index in [9.17, 15) is 4.79 Å². The van der Waals surface area contributed by atoms with Crippen LogP contribution in [0, 0.1) is 5.92 Å². The van der Waals surface area contributed by atoms with Crippen molar-refractivity contribution in [2.75, 3.05) is 14.2 Å². The van der Waals surface area contributed by atoms with Crippen molar-refractivity contribution in [1.82, 2.24) is 9.97 Å². The van der Waals surface area contributed by atoms with Gasteiger partial charge in [-0.1, -0.05) is 19.3 Å². The van der Waals surface area contributed by atoms with E-state index in [1.165, 1.54) is 6.42 Å². The van der Waals surface area contributed by atoms with Crippen molar-refractivity contribution in [2.24, 2.45) is 5.92 Å². The van der Waals surface area contributed by atoms with Gasteiger partial charge in [-0.2, -0.15) is 0 Å². The van der Waals surface area contributed by atoms with E-state index in [-0.39, 0.29) is 11.7 Å². The largest absolute Gasteiger partial charge is 0.497 e. The quantitative estimate of drug-likeness (QED) is 0.563. The first-order chi connectivity index (χ1) is 14.2. The van der Waals surface area contributed by atoms with Gasteiger partial charge in [-0.3, -0.25) is 4.79 Å². The first kappa shape index (κ1) is 19.2. The fourth-order valence-corrected chi connectivity index (χ4v) is 3.97. The highest BCUT2D eigenvalue weighted by Crippen LogP contribution is 2.34. The number of aromatic amines is 1. The number of benzene rings is 2. The third kappa shape index (κ3) is 4.04. The van der Waals surface area contributed by atoms with Crippen molar-refractivity contribution in [3.63, 3.8) is 0 Å². The second-order valence-corrected chi connectivity index (χ2v) is 7.47. The number of imidazole rings is 1. The number of nitrogens with zero attached hydrogens (tertiary/aromatic N) is 1. The Kier molecular flexibility index (Phi) is 5.65. The van der Waals surface area contributed by atoms with Gasteiger partial charge in [0.2, 0.25) is 5.78 Å². The van der Waals surface area contributed by atoms with E-state index in [4.69, 9.17) is 14.5 Å². The maximum absolute atomic E-state index is 13.1. The van der Waals surface area contributed by atoms with Crippen LogP contribution < -0.4 is 9.47 Å². The molecule has 0 spiro atoms. The number of nitrogens with one attached hydrogen (secondary N) is 1. The molecular formula is C24H26N2O3. The number of carbonyl (C=O) groups is 1. The highest BCUT2D eigenvalue weighted by Gasteiger charge is 2.26. The number of hydrogen-bond acceptors (Lipinski definition) is 4. The molecule has 0 amide bonds. The first-order valence-corrected chi connectivity index (χ1v) is 10.1. The van der Waals surface area contributed by atoms with Gasteiger partial charge in [0.1, 0.15) is 11.5 Å². The van der Waals surface area contributed by atoms with Gasteiger partial charge in [0.15, 0.2) is 5.82 Å². The van der Waals surface area contributed by atoms with E-state index >= 15 is 0 Å². The number of H-pyrrole nitrogens is 1. The maximum atomic E-state index is 13.1. The number of ketones is 1. The molecule has 0 aliphatic heterocycles. The third-order valence-corrected chi connectivity index (χ3v) is 5.66. The molecule has 0 radical (unpaired) electrons. The first-order valence-electron chi connectivity index (χ1n) is 10.1. The van der Waals surface area contributed by atoms with Crippen molar-refractivity contribution < 1.29 is 14.3 Å². The topological polar surface area (TPSA) is 64.2 Å². The number of aromatic nitrogens is 2. The van der Waals surface area contributed by atoms with Crippen LogP contribution in [0.3, 0.4) is 0 Å². The molecular weight excluding hydrogens is 364 g/mol. The lowest BCUT2D eigenvalue weighted by molar-refractivity contribution is 0.0880. The van der Waals surface area contributed by atoms with Gasteiger partial charge >= 0.3 is 0 Å². The van der Waals surface area contributed by atoms with E-state index < -0.39 is 0 Å². The molecule has 1 aromatic heterocycles. The van der Waals surface area contributed by atoms with E-state index in [0.717, 1.165) is 59.7 Å². The molecule has 1 N–H and O–H groups in total. The van der Waals surface area contributed by atoms with E-state index in [1.807, 2.05) is 48.5 Å². The second-order valence-electron chi connectivity index (χ2n) is 7.47. The second kappa shape index (κ2) is 8.52. The summed E-state index contributed by atoms with van der Waals surface area (Å²) < 4.78 is 10.5. The maximum Gasteiger partial charge on any atom is 0.201 e. The average Bonchev–Trinajstić information content (AvgIpc) is 3.24. The van der Waals surface area contributed by atoms with Crippen molar-refractivity contribution >= 4 is 5.78 Å². The number of carbonyl (C=O) groups excluding carboxylic acids is 1. The third-order valence-electron chi connectivity index (χ3n) is 5.66. The smallest absolute Gasteiger partial charge is 0.201 e. The summed E-state index contributed by atoms with van der Waals surface area (Å²) in [6.45, 7) is 0. The number of rotatable bonds is 6. The molecule has 0 atom stereocenters. The Hall–Kier alpha value is -3.08. The Balaban J connectivity index is 1.75. The van der Waals surface area contributed by atoms with E-state index in [1.54, 1.807) is 14.2 Å². The van der Waals surface area contributed by atoms with Crippen LogP contribution in [0.5, 0.6) is 11.5 Å². The summed E-state index contributed by atoms with van der Waals surface area (Å²) in [5, 5.41) is 0. The van der Waals surface area contributed by atoms with Gasteiger partial charge in [-0.25, -0.2) is 4.98 Å². The molecule has 0 saturated heterocycles. The van der Waals surface area contributed by atoms with Gasteiger partial charge in [-0.15, -0.1) is 0 Å². The SMILES string of the molecule is COc1ccc(-c2nc(C(=O)C3CCCCC3)[nH]c2-c2ccc(OC)cc2)cc1. The van der Waals surface area contributed by atoms with Crippen LogP contribution in [0.15, 0.2) is 48.5 Å². The highest BCUT2D eigenvalue weighted by molar-refractivity contribution is 5.97. The zero-order chi connectivity index (χ0) is 20.2. The van der Waals surface area contributed by atoms with Crippen LogP contribution in [0.4, 0.5) is 0 Å². The minimum Gasteiger partial charge on any atom is -0.497 e. The Morgan fingerprint density at radius 2 is 1.41 bits per heavy atom. The summed E-state index contributed by atoms with van der Waals surface area (Å²) in [4.78, 5) is 21.2. The Labute approximate surface area is 171 Å². The van der Waals surface area contributed by atoms with Crippen molar-refractivity contribution in [3.05, 3.63) is 54.4 Å². The predicted octanol–water partition coefficient (Wildman–Crippen LogP) is 5.52. The molecule has 3 aromatic rings. The van der Waals surface area contributed by atoms with Crippen LogP contribution >= 0.6 is 0 Å². The predicted molar refractivity (Wildman–Crippen MR) is 113 cm³/mol. The molecule has 1 aliphatic carbocycles. The van der Waals surface area contributed by atoms with E-state index in [0.29, 0.717) is 5.82 Å². The summed E-state index contributed by atoms with van der Waals surface area (Å²) in [6, 6.07) is 15.5. The fourth-order valence-electron chi connectivity index (χ4n) is 3.97. The molecule has 1 saturated carbocycles. The summed E-state index contributed by atoms with van der Waals surface area (Å²) >= 11 is 0. The molecule has 0 unspecified atom stereocenters. The molecule has 1 aliphatic rings. The molecule has 5 heteroatoms. The number of methoxy groups -OCH3 is 2. The van der Waals surface area contributed by atoms with Crippen LogP contribution in [-0.4, -0.2) is 30.0 Å². The molecule has 0 bridgehead atoms. The number of ether oxygens (including phenoxy) is 2. The van der Waals surface area contributed by atoms with Gasteiger partial charge in [0.05, 0.1) is 25.6 Å². The van der Waals surface area contributed by atoms with Gasteiger partial charge < -0.3 is 14.5 Å². The Morgan fingerprint density at radius 3 is 1.97 bits per heavy atom. The molecule has 1 heterocycles. The van der Waals surface area contributed by atoms with Crippen LogP contribution in [0.1, 0.15) is 42.7 Å². The van der Waals surface area contributed by atoms with Gasteiger partial charge in [-0.05, 0) is 61.4 Å². The summed E-state index contributed by atoms with van der Waals surface area (Å²) in [7, 11) is 3.29. The Morgan fingerprint density at radius 1 is 0.862 bits per heavy atom. The van der Waals surface area contributed by atoms with Crippen LogP contribution in [0.25, 0.3) is 22.5 Å². The van der Waals surface area contributed by atoms with Gasteiger partial charge in [0.25, 0.3) is 0 Å². The van der Waals surface area contributed by atoms with Crippen molar-refractivity contribution in [2.45, 2.75) is 32.1 Å². The molecule has 4 rings (SSSR count). The zero-order valence-corrected chi connectivity index (χ0v) is 16.9. The lowest BCUT2D eigenvalue weighted by atomic mass is 9.86. The average molecular weight is 390 g/mol. The highest BCUT2D eigenvalue weighted by atomic mass is 16.5.